The molecule has 0 aliphatic rings. The number of benzene rings is 3. The van der Waals surface area contributed by atoms with Crippen LogP contribution in [-0.2, 0) is 0 Å². The summed E-state index contributed by atoms with van der Waals surface area (Å²) in [6.45, 7) is 0. The molecule has 0 atom stereocenters. The van der Waals surface area contributed by atoms with Crippen LogP contribution in [0.2, 0.25) is 0 Å². The van der Waals surface area contributed by atoms with Crippen LogP contribution in [-0.4, -0.2) is 11.1 Å². The molecule has 2 nitrogen and oxygen atoms in total. The minimum absolute atomic E-state index is 0.176. The number of carboxylic acids is 1. The van der Waals surface area contributed by atoms with Crippen LogP contribution in [0, 0.1) is 12.3 Å². The lowest BCUT2D eigenvalue weighted by Crippen LogP contribution is -1.98. The van der Waals surface area contributed by atoms with Crippen molar-refractivity contribution in [1.82, 2.24) is 0 Å². The SMILES string of the molecule is C#Cc1ccccc1C(=O)O.c1ccc2ccccc2c1. The van der Waals surface area contributed by atoms with Gasteiger partial charge >= 0.3 is 5.97 Å². The van der Waals surface area contributed by atoms with Gasteiger partial charge in [0.1, 0.15) is 0 Å². The van der Waals surface area contributed by atoms with Crippen molar-refractivity contribution in [2.24, 2.45) is 0 Å². The van der Waals surface area contributed by atoms with E-state index in [-0.39, 0.29) is 5.56 Å². The summed E-state index contributed by atoms with van der Waals surface area (Å²) in [4.78, 5) is 10.5. The van der Waals surface area contributed by atoms with Crippen LogP contribution in [0.25, 0.3) is 10.8 Å². The maximum atomic E-state index is 10.5. The molecule has 2 heteroatoms. The molecule has 0 amide bonds. The third kappa shape index (κ3) is 3.71. The van der Waals surface area contributed by atoms with Crippen molar-refractivity contribution in [3.63, 3.8) is 0 Å². The van der Waals surface area contributed by atoms with Gasteiger partial charge in [-0.25, -0.2) is 4.79 Å². The van der Waals surface area contributed by atoms with Crippen LogP contribution >= 0.6 is 0 Å². The molecule has 0 aromatic heterocycles. The first-order chi connectivity index (χ1) is 10.2. The fraction of sp³-hybridized carbons (Fsp3) is 0. The standard InChI is InChI=1S/C10H8.C9H6O2/c1-2-6-10-8-4-3-7-9(10)5-1;1-2-7-5-3-4-6-8(7)9(10)11/h1-8H;1,3-6H,(H,10,11). The monoisotopic (exact) mass is 274 g/mol. The number of terminal acetylenes is 1. The van der Waals surface area contributed by atoms with Gasteiger partial charge in [-0.05, 0) is 22.9 Å². The molecule has 0 aliphatic carbocycles. The van der Waals surface area contributed by atoms with Gasteiger partial charge in [0.15, 0.2) is 0 Å². The summed E-state index contributed by atoms with van der Waals surface area (Å²) in [6.07, 6.45) is 5.08. The fourth-order valence-electron chi connectivity index (χ4n) is 1.93. The fourth-order valence-corrected chi connectivity index (χ4v) is 1.93. The largest absolute Gasteiger partial charge is 0.478 e. The minimum atomic E-state index is -0.987. The Morgan fingerprint density at radius 1 is 0.810 bits per heavy atom. The maximum Gasteiger partial charge on any atom is 0.336 e. The Labute approximate surface area is 123 Å². The van der Waals surface area contributed by atoms with Crippen LogP contribution in [0.5, 0.6) is 0 Å². The Balaban J connectivity index is 0.000000154. The molecule has 0 fully saturated rings. The van der Waals surface area contributed by atoms with Gasteiger partial charge in [-0.1, -0.05) is 66.6 Å². The molecule has 0 aliphatic heterocycles. The zero-order valence-corrected chi connectivity index (χ0v) is 11.4. The Morgan fingerprint density at radius 3 is 1.62 bits per heavy atom. The molecule has 0 unspecified atom stereocenters. The molecule has 0 bridgehead atoms. The van der Waals surface area contributed by atoms with Gasteiger partial charge in [0.05, 0.1) is 5.56 Å². The molecule has 3 aromatic rings. The highest BCUT2D eigenvalue weighted by Gasteiger charge is 2.05. The van der Waals surface area contributed by atoms with Gasteiger partial charge in [0.25, 0.3) is 0 Å². The number of hydrogen-bond donors (Lipinski definition) is 1. The molecule has 0 spiro atoms. The van der Waals surface area contributed by atoms with Crippen molar-refractivity contribution >= 4 is 16.7 Å². The molecule has 102 valence electrons. The second-order valence-corrected chi connectivity index (χ2v) is 4.34. The number of carboxylic acid groups (broad SMARTS) is 1. The third-order valence-electron chi connectivity index (χ3n) is 2.97. The van der Waals surface area contributed by atoms with Crippen LogP contribution in [0.4, 0.5) is 0 Å². The quantitative estimate of drug-likeness (QED) is 0.675. The lowest BCUT2D eigenvalue weighted by Gasteiger charge is -1.95. The van der Waals surface area contributed by atoms with Crippen LogP contribution in [0.1, 0.15) is 15.9 Å². The lowest BCUT2D eigenvalue weighted by molar-refractivity contribution is 0.0696. The highest BCUT2D eigenvalue weighted by atomic mass is 16.4. The van der Waals surface area contributed by atoms with Crippen molar-refractivity contribution < 1.29 is 9.90 Å². The number of hydrogen-bond acceptors (Lipinski definition) is 1. The van der Waals surface area contributed by atoms with E-state index in [2.05, 4.69) is 54.5 Å². The van der Waals surface area contributed by atoms with Gasteiger partial charge in [-0.3, -0.25) is 0 Å². The van der Waals surface area contributed by atoms with Crippen molar-refractivity contribution in [2.45, 2.75) is 0 Å². The summed E-state index contributed by atoms with van der Waals surface area (Å²) >= 11 is 0. The third-order valence-corrected chi connectivity index (χ3v) is 2.97. The highest BCUT2D eigenvalue weighted by molar-refractivity contribution is 5.90. The molecule has 21 heavy (non-hydrogen) atoms. The first-order valence-electron chi connectivity index (χ1n) is 6.45. The Kier molecular flexibility index (Phi) is 4.74. The van der Waals surface area contributed by atoms with E-state index in [4.69, 9.17) is 11.5 Å². The number of rotatable bonds is 1. The second kappa shape index (κ2) is 6.93. The van der Waals surface area contributed by atoms with Crippen molar-refractivity contribution in [3.05, 3.63) is 83.9 Å². The summed E-state index contributed by atoms with van der Waals surface area (Å²) in [7, 11) is 0. The number of carbonyl (C=O) groups is 1. The van der Waals surface area contributed by atoms with E-state index in [0.29, 0.717) is 5.56 Å². The smallest absolute Gasteiger partial charge is 0.336 e. The Morgan fingerprint density at radius 2 is 1.24 bits per heavy atom. The summed E-state index contributed by atoms with van der Waals surface area (Å²) in [5.74, 6) is 1.31. The molecule has 0 radical (unpaired) electrons. The average molecular weight is 274 g/mol. The van der Waals surface area contributed by atoms with Crippen molar-refractivity contribution in [1.29, 1.82) is 0 Å². The summed E-state index contributed by atoms with van der Waals surface area (Å²) in [6, 6.07) is 23.2. The molecule has 0 heterocycles. The van der Waals surface area contributed by atoms with Gasteiger partial charge in [0.2, 0.25) is 0 Å². The summed E-state index contributed by atoms with van der Waals surface area (Å²) in [5, 5.41) is 11.2. The number of aromatic carboxylic acids is 1. The Hall–Kier alpha value is -3.05. The van der Waals surface area contributed by atoms with Gasteiger partial charge in [0, 0.05) is 5.56 Å². The second-order valence-electron chi connectivity index (χ2n) is 4.34. The van der Waals surface area contributed by atoms with Gasteiger partial charge in [-0.2, -0.15) is 0 Å². The van der Waals surface area contributed by atoms with E-state index in [1.54, 1.807) is 18.2 Å². The van der Waals surface area contributed by atoms with Crippen LogP contribution < -0.4 is 0 Å². The summed E-state index contributed by atoms with van der Waals surface area (Å²) in [5.41, 5.74) is 0.593. The maximum absolute atomic E-state index is 10.5. The molecular formula is C19H14O2. The predicted molar refractivity (Wildman–Crippen MR) is 85.3 cm³/mol. The molecule has 0 saturated heterocycles. The van der Waals surface area contributed by atoms with E-state index in [0.717, 1.165) is 0 Å². The Bertz CT molecular complexity index is 732. The molecule has 1 N–H and O–H groups in total. The van der Waals surface area contributed by atoms with Crippen molar-refractivity contribution in [2.75, 3.05) is 0 Å². The zero-order chi connectivity index (χ0) is 15.1. The minimum Gasteiger partial charge on any atom is -0.478 e. The van der Waals surface area contributed by atoms with E-state index < -0.39 is 5.97 Å². The first-order valence-corrected chi connectivity index (χ1v) is 6.45. The molecule has 0 saturated carbocycles. The van der Waals surface area contributed by atoms with Crippen molar-refractivity contribution in [3.8, 4) is 12.3 Å². The predicted octanol–water partition coefficient (Wildman–Crippen LogP) is 4.21. The molecule has 3 aromatic carbocycles. The average Bonchev–Trinajstić information content (AvgIpc) is 2.55. The zero-order valence-electron chi connectivity index (χ0n) is 11.4. The van der Waals surface area contributed by atoms with E-state index in [1.807, 2.05) is 0 Å². The topological polar surface area (TPSA) is 37.3 Å². The molecular weight excluding hydrogens is 260 g/mol. The van der Waals surface area contributed by atoms with E-state index in [1.165, 1.54) is 16.8 Å². The van der Waals surface area contributed by atoms with Crippen LogP contribution in [0.15, 0.2) is 72.8 Å². The lowest BCUT2D eigenvalue weighted by atomic mass is 10.1. The number of fused-ring (bicyclic) bond motifs is 1. The van der Waals surface area contributed by atoms with Crippen LogP contribution in [0.3, 0.4) is 0 Å². The molecule has 3 rings (SSSR count). The van der Waals surface area contributed by atoms with Gasteiger partial charge in [-0.15, -0.1) is 6.42 Å². The van der Waals surface area contributed by atoms with E-state index in [9.17, 15) is 4.79 Å². The van der Waals surface area contributed by atoms with E-state index >= 15 is 0 Å². The highest BCUT2D eigenvalue weighted by Crippen LogP contribution is 2.11. The normalized spacial score (nSPS) is 9.29. The van der Waals surface area contributed by atoms with Gasteiger partial charge < -0.3 is 5.11 Å². The first kappa shape index (κ1) is 14.4. The summed E-state index contributed by atoms with van der Waals surface area (Å²) < 4.78 is 0.